The number of nitro benzene ring substituents is 1. The van der Waals surface area contributed by atoms with E-state index in [4.69, 9.17) is 16.0 Å². The van der Waals surface area contributed by atoms with E-state index < -0.39 is 4.92 Å². The summed E-state index contributed by atoms with van der Waals surface area (Å²) in [6.07, 6.45) is 0. The zero-order valence-corrected chi connectivity index (χ0v) is 16.1. The Hall–Kier alpha value is -3.67. The van der Waals surface area contributed by atoms with Gasteiger partial charge in [0.05, 0.1) is 20.2 Å². The van der Waals surface area contributed by atoms with Gasteiger partial charge in [-0.15, -0.1) is 11.3 Å². The fourth-order valence-electron chi connectivity index (χ4n) is 2.73. The summed E-state index contributed by atoms with van der Waals surface area (Å²) < 4.78 is 6.54. The second-order valence-electron chi connectivity index (χ2n) is 5.91. The third-order valence-electron chi connectivity index (χ3n) is 4.12. The minimum Gasteiger partial charge on any atom is -0.503 e. The van der Waals surface area contributed by atoms with Crippen molar-refractivity contribution < 1.29 is 14.4 Å². The second kappa shape index (κ2) is 7.39. The Morgan fingerprint density at radius 3 is 2.72 bits per heavy atom. The van der Waals surface area contributed by atoms with Crippen molar-refractivity contribution in [2.45, 2.75) is 0 Å². The normalized spacial score (nSPS) is 11.9. The third kappa shape index (κ3) is 3.45. The van der Waals surface area contributed by atoms with E-state index in [1.54, 1.807) is 6.07 Å². The molecule has 142 valence electrons. The average molecular weight is 424 g/mol. The number of aliphatic hydroxyl groups is 1. The summed E-state index contributed by atoms with van der Waals surface area (Å²) in [4.78, 5) is 14.7. The Morgan fingerprint density at radius 2 is 2.03 bits per heavy atom. The molecule has 0 aliphatic heterocycles. The molecule has 4 rings (SSSR count). The number of nitrogens with zero attached hydrogens (tertiary/aromatic N) is 3. The third-order valence-corrected chi connectivity index (χ3v) is 5.49. The molecule has 0 radical (unpaired) electrons. The number of nitriles is 1. The van der Waals surface area contributed by atoms with Crippen LogP contribution in [0.25, 0.3) is 32.9 Å². The highest BCUT2D eigenvalue weighted by atomic mass is 35.5. The van der Waals surface area contributed by atoms with Gasteiger partial charge < -0.3 is 9.52 Å². The highest BCUT2D eigenvalue weighted by Gasteiger charge is 2.19. The Labute approximate surface area is 172 Å². The number of para-hydroxylation sites is 1. The van der Waals surface area contributed by atoms with Gasteiger partial charge in [-0.05, 0) is 30.3 Å². The van der Waals surface area contributed by atoms with Crippen LogP contribution in [0.15, 0.2) is 59.0 Å². The number of benzene rings is 2. The lowest BCUT2D eigenvalue weighted by Gasteiger charge is -2.02. The Morgan fingerprint density at radius 1 is 1.24 bits per heavy atom. The van der Waals surface area contributed by atoms with Gasteiger partial charge in [0.15, 0.2) is 11.5 Å². The number of furan rings is 1. The molecule has 1 N–H and O–H groups in total. The maximum absolute atomic E-state index is 10.9. The molecule has 0 saturated heterocycles. The molecule has 0 aliphatic carbocycles. The van der Waals surface area contributed by atoms with E-state index in [9.17, 15) is 20.5 Å². The lowest BCUT2D eigenvalue weighted by molar-refractivity contribution is -0.384. The molecule has 2 heterocycles. The molecule has 0 saturated carbocycles. The van der Waals surface area contributed by atoms with Crippen LogP contribution >= 0.6 is 22.9 Å². The van der Waals surface area contributed by atoms with Gasteiger partial charge in [-0.3, -0.25) is 10.1 Å². The fourth-order valence-corrected chi connectivity index (χ4v) is 3.96. The van der Waals surface area contributed by atoms with Gasteiger partial charge in [0.2, 0.25) is 0 Å². The molecular weight excluding hydrogens is 414 g/mol. The van der Waals surface area contributed by atoms with Crippen LogP contribution in [-0.4, -0.2) is 15.0 Å². The molecule has 0 amide bonds. The molecule has 2 aromatic heterocycles. The zero-order valence-electron chi connectivity index (χ0n) is 14.5. The van der Waals surface area contributed by atoms with Crippen molar-refractivity contribution >= 4 is 50.2 Å². The van der Waals surface area contributed by atoms with E-state index in [0.717, 1.165) is 10.2 Å². The predicted octanol–water partition coefficient (Wildman–Crippen LogP) is 6.07. The predicted molar refractivity (Wildman–Crippen MR) is 110 cm³/mol. The number of hydrogen-bond donors (Lipinski definition) is 1. The maximum atomic E-state index is 10.9. The summed E-state index contributed by atoms with van der Waals surface area (Å²) >= 11 is 7.41. The molecule has 2 aromatic carbocycles. The van der Waals surface area contributed by atoms with Gasteiger partial charge >= 0.3 is 0 Å². The summed E-state index contributed by atoms with van der Waals surface area (Å²) in [6.45, 7) is 0. The number of aliphatic hydroxyl groups excluding tert-OH is 1. The summed E-state index contributed by atoms with van der Waals surface area (Å²) in [5.41, 5.74) is 0.999. The van der Waals surface area contributed by atoms with Crippen LogP contribution in [0.2, 0.25) is 5.02 Å². The minimum absolute atomic E-state index is 0.0121. The molecule has 0 fully saturated rings. The number of allylic oxidation sites excluding steroid dienone is 1. The smallest absolute Gasteiger partial charge is 0.270 e. The van der Waals surface area contributed by atoms with E-state index in [2.05, 4.69) is 4.98 Å². The first-order chi connectivity index (χ1) is 14.0. The molecule has 29 heavy (non-hydrogen) atoms. The molecular formula is C20H10ClN3O4S. The lowest BCUT2D eigenvalue weighted by atomic mass is 10.1. The van der Waals surface area contributed by atoms with Gasteiger partial charge in [-0.2, -0.15) is 5.26 Å². The SMILES string of the molecule is N#CC(=C(O)c1ccc(-c2ccc([N+](=O)[O-])cc2Cl)o1)c1nc2ccccc2s1. The molecule has 0 unspecified atom stereocenters. The average Bonchev–Trinajstić information content (AvgIpc) is 3.35. The quantitative estimate of drug-likeness (QED) is 0.184. The van der Waals surface area contributed by atoms with E-state index in [1.165, 1.54) is 35.6 Å². The number of hydrogen-bond acceptors (Lipinski definition) is 7. The molecule has 0 spiro atoms. The van der Waals surface area contributed by atoms with Crippen LogP contribution in [0.1, 0.15) is 10.8 Å². The minimum atomic E-state index is -0.547. The number of thiazole rings is 1. The fraction of sp³-hybridized carbons (Fsp3) is 0. The first kappa shape index (κ1) is 18.7. The van der Waals surface area contributed by atoms with Crippen molar-refractivity contribution in [2.75, 3.05) is 0 Å². The summed E-state index contributed by atoms with van der Waals surface area (Å²) in [5, 5.41) is 31.5. The van der Waals surface area contributed by atoms with Crippen molar-refractivity contribution in [3.05, 3.63) is 80.5 Å². The first-order valence-electron chi connectivity index (χ1n) is 8.21. The van der Waals surface area contributed by atoms with Crippen LogP contribution in [0.3, 0.4) is 0 Å². The van der Waals surface area contributed by atoms with E-state index in [0.29, 0.717) is 16.3 Å². The van der Waals surface area contributed by atoms with E-state index in [-0.39, 0.29) is 27.8 Å². The largest absolute Gasteiger partial charge is 0.503 e. The van der Waals surface area contributed by atoms with Crippen LogP contribution < -0.4 is 0 Å². The standard InChI is InChI=1S/C20H10ClN3O4S/c21-14-9-11(24(26)27)5-6-12(14)16-7-8-17(28-16)19(25)13(10-22)20-23-15-3-1-2-4-18(15)29-20/h1-9,25H. The highest BCUT2D eigenvalue weighted by Crippen LogP contribution is 2.35. The van der Waals surface area contributed by atoms with Crippen molar-refractivity contribution in [3.63, 3.8) is 0 Å². The Bertz CT molecular complexity index is 1300. The van der Waals surface area contributed by atoms with Crippen molar-refractivity contribution in [2.24, 2.45) is 0 Å². The van der Waals surface area contributed by atoms with Gasteiger partial charge in [-0.1, -0.05) is 23.7 Å². The van der Waals surface area contributed by atoms with Crippen LogP contribution in [0.4, 0.5) is 5.69 Å². The highest BCUT2D eigenvalue weighted by molar-refractivity contribution is 7.19. The van der Waals surface area contributed by atoms with Crippen molar-refractivity contribution in [3.8, 4) is 17.4 Å². The molecule has 0 aliphatic rings. The van der Waals surface area contributed by atoms with Gasteiger partial charge in [0.25, 0.3) is 5.69 Å². The number of rotatable bonds is 4. The van der Waals surface area contributed by atoms with Crippen LogP contribution in [0.5, 0.6) is 0 Å². The second-order valence-corrected chi connectivity index (χ2v) is 7.35. The first-order valence-corrected chi connectivity index (χ1v) is 9.41. The Kier molecular flexibility index (Phi) is 4.76. The van der Waals surface area contributed by atoms with Crippen molar-refractivity contribution in [1.82, 2.24) is 4.98 Å². The van der Waals surface area contributed by atoms with E-state index in [1.807, 2.05) is 30.3 Å². The number of halogens is 1. The molecule has 7 nitrogen and oxygen atoms in total. The summed E-state index contributed by atoms with van der Waals surface area (Å²) in [6, 6.07) is 16.4. The number of aromatic nitrogens is 1. The van der Waals surface area contributed by atoms with Crippen LogP contribution in [0, 0.1) is 21.4 Å². The molecule has 4 aromatic rings. The number of fused-ring (bicyclic) bond motifs is 1. The van der Waals surface area contributed by atoms with E-state index >= 15 is 0 Å². The van der Waals surface area contributed by atoms with Gasteiger partial charge in [-0.25, -0.2) is 4.98 Å². The summed E-state index contributed by atoms with van der Waals surface area (Å²) in [7, 11) is 0. The van der Waals surface area contributed by atoms with Gasteiger partial charge in [0.1, 0.15) is 22.4 Å². The maximum Gasteiger partial charge on any atom is 0.270 e. The summed E-state index contributed by atoms with van der Waals surface area (Å²) in [5.74, 6) is 0.00843. The van der Waals surface area contributed by atoms with Gasteiger partial charge in [0, 0.05) is 17.7 Å². The lowest BCUT2D eigenvalue weighted by Crippen LogP contribution is -1.89. The molecule has 0 bridgehead atoms. The number of nitro groups is 1. The van der Waals surface area contributed by atoms with Crippen molar-refractivity contribution in [1.29, 1.82) is 5.26 Å². The van der Waals surface area contributed by atoms with Crippen LogP contribution in [-0.2, 0) is 0 Å². The zero-order chi connectivity index (χ0) is 20.5. The topological polar surface area (TPSA) is 113 Å². The Balaban J connectivity index is 1.74. The monoisotopic (exact) mass is 423 g/mol. The molecule has 0 atom stereocenters. The number of non-ortho nitro benzene ring substituents is 1. The molecule has 9 heteroatoms.